The monoisotopic (exact) mass is 276 g/mol. The third kappa shape index (κ3) is 3.20. The van der Waals surface area contributed by atoms with Crippen molar-refractivity contribution in [2.45, 2.75) is 6.54 Å². The van der Waals surface area contributed by atoms with Crippen molar-refractivity contribution in [2.24, 2.45) is 0 Å². The molecule has 0 bridgehead atoms. The largest absolute Gasteiger partial charge is 0.397 e. The van der Waals surface area contributed by atoms with Crippen molar-refractivity contribution in [1.82, 2.24) is 14.9 Å². The zero-order valence-corrected chi connectivity index (χ0v) is 11.1. The van der Waals surface area contributed by atoms with Crippen molar-refractivity contribution < 1.29 is 4.79 Å². The van der Waals surface area contributed by atoms with Gasteiger partial charge in [0.1, 0.15) is 5.15 Å². The van der Waals surface area contributed by atoms with Crippen molar-refractivity contribution in [3.05, 3.63) is 53.1 Å². The van der Waals surface area contributed by atoms with Gasteiger partial charge in [-0.1, -0.05) is 11.6 Å². The first-order valence-corrected chi connectivity index (χ1v) is 6.01. The summed E-state index contributed by atoms with van der Waals surface area (Å²) in [5.74, 6) is -0.221. The molecule has 0 spiro atoms. The van der Waals surface area contributed by atoms with Crippen molar-refractivity contribution in [3.63, 3.8) is 0 Å². The lowest BCUT2D eigenvalue weighted by Crippen LogP contribution is -2.26. The lowest BCUT2D eigenvalue weighted by Gasteiger charge is -2.17. The second kappa shape index (κ2) is 5.67. The van der Waals surface area contributed by atoms with Crippen LogP contribution in [0.5, 0.6) is 0 Å². The SMILES string of the molecule is CN(Cc1ccncc1)C(=O)c1cc(N)cnc1Cl. The molecule has 0 aromatic carbocycles. The van der Waals surface area contributed by atoms with Gasteiger partial charge in [-0.15, -0.1) is 0 Å². The van der Waals surface area contributed by atoms with Crippen molar-refractivity contribution in [2.75, 3.05) is 12.8 Å². The number of pyridine rings is 2. The Hall–Kier alpha value is -2.14. The summed E-state index contributed by atoms with van der Waals surface area (Å²) >= 11 is 5.91. The van der Waals surface area contributed by atoms with Crippen LogP contribution in [0.4, 0.5) is 5.69 Å². The van der Waals surface area contributed by atoms with Gasteiger partial charge in [-0.05, 0) is 23.8 Å². The summed E-state index contributed by atoms with van der Waals surface area (Å²) in [4.78, 5) is 21.6. The quantitative estimate of drug-likeness (QED) is 0.870. The highest BCUT2D eigenvalue weighted by Gasteiger charge is 2.16. The molecule has 2 N–H and O–H groups in total. The van der Waals surface area contributed by atoms with Gasteiger partial charge in [0, 0.05) is 26.0 Å². The lowest BCUT2D eigenvalue weighted by atomic mass is 10.2. The van der Waals surface area contributed by atoms with Crippen LogP contribution in [-0.2, 0) is 6.54 Å². The summed E-state index contributed by atoms with van der Waals surface area (Å²) in [5, 5.41) is 0.153. The molecular formula is C13H13ClN4O. The number of hydrogen-bond acceptors (Lipinski definition) is 4. The van der Waals surface area contributed by atoms with Crippen LogP contribution in [0.2, 0.25) is 5.15 Å². The molecule has 0 saturated carbocycles. The molecule has 0 fully saturated rings. The smallest absolute Gasteiger partial charge is 0.257 e. The summed E-state index contributed by atoms with van der Waals surface area (Å²) in [6.07, 6.45) is 4.79. The number of anilines is 1. The van der Waals surface area contributed by atoms with Gasteiger partial charge < -0.3 is 10.6 Å². The summed E-state index contributed by atoms with van der Waals surface area (Å²) in [7, 11) is 1.70. The Bertz CT molecular complexity index is 588. The molecule has 0 radical (unpaired) electrons. The van der Waals surface area contributed by atoms with E-state index in [-0.39, 0.29) is 11.1 Å². The number of carbonyl (C=O) groups excluding carboxylic acids is 1. The van der Waals surface area contributed by atoms with Crippen LogP contribution < -0.4 is 5.73 Å². The van der Waals surface area contributed by atoms with Crippen LogP contribution in [0.3, 0.4) is 0 Å². The number of aromatic nitrogens is 2. The molecule has 98 valence electrons. The summed E-state index contributed by atoms with van der Waals surface area (Å²) in [5.41, 5.74) is 7.31. The van der Waals surface area contributed by atoms with Crippen molar-refractivity contribution in [1.29, 1.82) is 0 Å². The number of carbonyl (C=O) groups is 1. The molecule has 0 aliphatic carbocycles. The maximum absolute atomic E-state index is 12.3. The molecule has 19 heavy (non-hydrogen) atoms. The molecule has 2 aromatic rings. The van der Waals surface area contributed by atoms with E-state index < -0.39 is 0 Å². The van der Waals surface area contributed by atoms with Gasteiger partial charge >= 0.3 is 0 Å². The summed E-state index contributed by atoms with van der Waals surface area (Å²) in [6, 6.07) is 5.23. The molecule has 2 rings (SSSR count). The number of hydrogen-bond donors (Lipinski definition) is 1. The zero-order valence-electron chi connectivity index (χ0n) is 10.4. The molecule has 0 saturated heterocycles. The Labute approximate surface area is 116 Å². The zero-order chi connectivity index (χ0) is 13.8. The Morgan fingerprint density at radius 3 is 2.79 bits per heavy atom. The first-order chi connectivity index (χ1) is 9.08. The van der Waals surface area contributed by atoms with Crippen molar-refractivity contribution in [3.8, 4) is 0 Å². The Balaban J connectivity index is 2.17. The first-order valence-electron chi connectivity index (χ1n) is 5.63. The van der Waals surface area contributed by atoms with Crippen LogP contribution in [0.15, 0.2) is 36.8 Å². The van der Waals surface area contributed by atoms with Gasteiger partial charge in [0.15, 0.2) is 0 Å². The Morgan fingerprint density at radius 2 is 2.11 bits per heavy atom. The van der Waals surface area contributed by atoms with Crippen LogP contribution in [0.25, 0.3) is 0 Å². The average molecular weight is 277 g/mol. The van der Waals surface area contributed by atoms with E-state index in [1.54, 1.807) is 24.3 Å². The molecular weight excluding hydrogens is 264 g/mol. The van der Waals surface area contributed by atoms with E-state index in [0.29, 0.717) is 17.8 Å². The molecule has 0 atom stereocenters. The van der Waals surface area contributed by atoms with E-state index in [0.717, 1.165) is 5.56 Å². The molecule has 0 aliphatic rings. The molecule has 2 heterocycles. The second-order valence-corrected chi connectivity index (χ2v) is 4.48. The van der Waals surface area contributed by atoms with E-state index in [9.17, 15) is 4.79 Å². The minimum atomic E-state index is -0.221. The van der Waals surface area contributed by atoms with Gasteiger partial charge in [-0.25, -0.2) is 4.98 Å². The van der Waals surface area contributed by atoms with E-state index in [1.807, 2.05) is 12.1 Å². The van der Waals surface area contributed by atoms with Crippen LogP contribution in [0.1, 0.15) is 15.9 Å². The van der Waals surface area contributed by atoms with Crippen LogP contribution in [-0.4, -0.2) is 27.8 Å². The fraction of sp³-hybridized carbons (Fsp3) is 0.154. The average Bonchev–Trinajstić information content (AvgIpc) is 2.42. The minimum absolute atomic E-state index is 0.153. The molecule has 0 aliphatic heterocycles. The van der Waals surface area contributed by atoms with E-state index in [1.165, 1.54) is 12.3 Å². The number of amides is 1. The predicted molar refractivity (Wildman–Crippen MR) is 73.7 cm³/mol. The number of halogens is 1. The number of nitrogens with two attached hydrogens (primary N) is 1. The highest BCUT2D eigenvalue weighted by molar-refractivity contribution is 6.32. The highest BCUT2D eigenvalue weighted by atomic mass is 35.5. The van der Waals surface area contributed by atoms with Crippen LogP contribution in [0, 0.1) is 0 Å². The van der Waals surface area contributed by atoms with Gasteiger partial charge in [0.05, 0.1) is 17.4 Å². The highest BCUT2D eigenvalue weighted by Crippen LogP contribution is 2.18. The maximum atomic E-state index is 12.3. The number of rotatable bonds is 3. The Kier molecular flexibility index (Phi) is 3.97. The normalized spacial score (nSPS) is 10.2. The minimum Gasteiger partial charge on any atom is -0.397 e. The van der Waals surface area contributed by atoms with Gasteiger partial charge in [-0.3, -0.25) is 9.78 Å². The molecule has 5 nitrogen and oxygen atoms in total. The standard InChI is InChI=1S/C13H13ClN4O/c1-18(8-9-2-4-16-5-3-9)13(19)11-6-10(15)7-17-12(11)14/h2-7H,8,15H2,1H3. The predicted octanol–water partition coefficient (Wildman–Crippen LogP) is 1.98. The first kappa shape index (κ1) is 13.3. The molecule has 0 unspecified atom stereocenters. The van der Waals surface area contributed by atoms with Crippen molar-refractivity contribution >= 4 is 23.2 Å². The fourth-order valence-corrected chi connectivity index (χ4v) is 1.84. The lowest BCUT2D eigenvalue weighted by molar-refractivity contribution is 0.0785. The van der Waals surface area contributed by atoms with E-state index in [4.69, 9.17) is 17.3 Å². The number of nitrogens with zero attached hydrogens (tertiary/aromatic N) is 3. The van der Waals surface area contributed by atoms with E-state index in [2.05, 4.69) is 9.97 Å². The molecule has 2 aromatic heterocycles. The Morgan fingerprint density at radius 1 is 1.42 bits per heavy atom. The molecule has 1 amide bonds. The topological polar surface area (TPSA) is 72.1 Å². The van der Waals surface area contributed by atoms with E-state index >= 15 is 0 Å². The summed E-state index contributed by atoms with van der Waals surface area (Å²) < 4.78 is 0. The number of nitrogen functional groups attached to an aromatic ring is 1. The summed E-state index contributed by atoms with van der Waals surface area (Å²) in [6.45, 7) is 0.465. The van der Waals surface area contributed by atoms with Crippen LogP contribution >= 0.6 is 11.6 Å². The van der Waals surface area contributed by atoms with Gasteiger partial charge in [-0.2, -0.15) is 0 Å². The maximum Gasteiger partial charge on any atom is 0.257 e. The fourth-order valence-electron chi connectivity index (χ4n) is 1.65. The van der Waals surface area contributed by atoms with Gasteiger partial charge in [0.2, 0.25) is 0 Å². The third-order valence-corrected chi connectivity index (χ3v) is 2.91. The second-order valence-electron chi connectivity index (χ2n) is 4.12. The van der Waals surface area contributed by atoms with Gasteiger partial charge in [0.25, 0.3) is 5.91 Å². The molecule has 6 heteroatoms. The third-order valence-electron chi connectivity index (χ3n) is 2.61.